The maximum atomic E-state index is 12.8. The quantitative estimate of drug-likeness (QED) is 0.0290. The predicted molar refractivity (Wildman–Crippen MR) is 358 cm³/mol. The summed E-state index contributed by atoms with van der Waals surface area (Å²) in [6.07, 6.45) is 5.05. The van der Waals surface area contributed by atoms with Gasteiger partial charge in [-0.1, -0.05) is 55.4 Å². The Morgan fingerprint density at radius 2 is 0.550 bits per heavy atom. The van der Waals surface area contributed by atoms with E-state index in [1.54, 1.807) is 0 Å². The number of hydrogen-bond acceptors (Lipinski definition) is 32. The number of hydrogen-bond donors (Lipinski definition) is 0. The van der Waals surface area contributed by atoms with E-state index in [0.29, 0.717) is 49.4 Å². The van der Waals surface area contributed by atoms with Crippen LogP contribution in [0.4, 0.5) is 0 Å². The van der Waals surface area contributed by atoms with E-state index in [1.807, 2.05) is 55.4 Å². The van der Waals surface area contributed by atoms with Crippen LogP contribution in [0.3, 0.4) is 0 Å². The Morgan fingerprint density at radius 1 is 0.306 bits per heavy atom. The number of rotatable bonds is 19. The zero-order chi connectivity index (χ0) is 77.1. The van der Waals surface area contributed by atoms with Crippen LogP contribution in [0.15, 0.2) is 0 Å². The smallest absolute Gasteiger partial charge is 0.319 e. The molecule has 32 atom stereocenters. The molecule has 4 aliphatic carbocycles. The Hall–Kier alpha value is -2.67. The van der Waals surface area contributed by atoms with Gasteiger partial charge in [0.25, 0.3) is 5.97 Å². The SMILES string of the molecule is C[C@@H]1CC[C@H]2[C@@H](C)C(OC(=O)CC(=O)OC[CH-]COC(=O)CC(=O)OC3O[C@@H]4O[C@]5(C)CC[C@H]6[C@H](C)CC[C@@H]([C@H]3C)[C@@]46OO5)O[C@@H]3O[C@]4(C)CC[C@@H]1[C@]32OO4.C[C@@H]1CC[C@H]2[C@@H](C)C(OC(=O)CC(=O)O[CH-]COC(=O)CC(=O)OC3O[C@@H]4O[C@]5(C)CC[C@H]6[C@H](C)CC[C@@H]([C@H]3C)[C@@]46OO5)O[C@@H]3O[C@]4(C)CC[C@@H]1[C@]32OO4.[Y].[Y]. The van der Waals surface area contributed by atoms with Gasteiger partial charge in [-0.2, -0.15) is 0 Å². The van der Waals surface area contributed by atoms with Crippen molar-refractivity contribution in [3.8, 4) is 0 Å². The molecule has 16 heterocycles. The Bertz CT molecular complexity index is 3230. The van der Waals surface area contributed by atoms with Crippen molar-refractivity contribution in [1.29, 1.82) is 0 Å². The van der Waals surface area contributed by atoms with Gasteiger partial charge in [-0.25, -0.2) is 39.1 Å². The molecule has 0 aromatic carbocycles. The van der Waals surface area contributed by atoms with Gasteiger partial charge in [0.15, 0.2) is 47.6 Å². The molecular formula is C77H108O32Y2-2. The van der Waals surface area contributed by atoms with Crippen molar-refractivity contribution in [1.82, 2.24) is 0 Å². The van der Waals surface area contributed by atoms with Gasteiger partial charge >= 0.3 is 41.8 Å². The fraction of sp³-hybridized carbons (Fsp3) is 0.870. The van der Waals surface area contributed by atoms with Crippen LogP contribution < -0.4 is 0 Å². The molecule has 111 heavy (non-hydrogen) atoms. The van der Waals surface area contributed by atoms with Crippen molar-refractivity contribution >= 4 is 47.8 Å². The third-order valence-corrected chi connectivity index (χ3v) is 27.8. The van der Waals surface area contributed by atoms with Crippen molar-refractivity contribution in [3.05, 3.63) is 13.0 Å². The van der Waals surface area contributed by atoms with Crippen LogP contribution in [0.2, 0.25) is 0 Å². The van der Waals surface area contributed by atoms with Crippen LogP contribution >= 0.6 is 0 Å². The number of esters is 8. The van der Waals surface area contributed by atoms with Gasteiger partial charge in [-0.15, -0.1) is 6.61 Å². The summed E-state index contributed by atoms with van der Waals surface area (Å²) in [4.78, 5) is 149. The van der Waals surface area contributed by atoms with Crippen molar-refractivity contribution in [2.75, 3.05) is 19.8 Å². The molecule has 32 nitrogen and oxygen atoms in total. The number of ether oxygens (including phenoxy) is 16. The average Bonchev–Trinajstić information content (AvgIpc) is 1.70. The maximum Gasteiger partial charge on any atom is 0.319 e. The second-order valence-electron chi connectivity index (χ2n) is 34.8. The molecular weight excluding hydrogens is 1610 g/mol. The number of carbonyl (C=O) groups excluding carboxylic acids is 8. The second kappa shape index (κ2) is 33.5. The fourth-order valence-electron chi connectivity index (χ4n) is 22.0. The van der Waals surface area contributed by atoms with Gasteiger partial charge in [-0.3, -0.25) is 44.8 Å². The molecule has 4 unspecified atom stereocenters. The van der Waals surface area contributed by atoms with E-state index in [0.717, 1.165) is 83.7 Å². The van der Waals surface area contributed by atoms with E-state index in [4.69, 9.17) is 115 Å². The van der Waals surface area contributed by atoms with Gasteiger partial charge < -0.3 is 75.8 Å². The van der Waals surface area contributed by atoms with E-state index >= 15 is 0 Å². The van der Waals surface area contributed by atoms with Gasteiger partial charge in [0, 0.05) is 145 Å². The molecule has 20 fully saturated rings. The molecule has 0 aromatic heterocycles. The molecule has 2 radical (unpaired) electrons. The Morgan fingerprint density at radius 3 is 0.811 bits per heavy atom. The average molecular weight is 1720 g/mol. The first-order chi connectivity index (χ1) is 51.8. The Kier molecular flexibility index (Phi) is 26.0. The van der Waals surface area contributed by atoms with Crippen molar-refractivity contribution in [2.24, 2.45) is 94.7 Å². The van der Waals surface area contributed by atoms with Crippen LogP contribution in [-0.2, 0) is 219 Å². The Balaban J connectivity index is 0.000000191. The standard InChI is InChI=1S/C39H55O16.C38H53O16.2Y/c1-20-8-10-26-22(3)32(48-34-38(26)24(20)12-14-36(5,50-34)52-54-38)46-30(42)18-28(40)44-16-7-17-45-29(41)19-31(43)47-33-23(4)27-11-9-21(2)25-13-15-37(6)51-35(49-33)39(25,27)55-53-37;1-19-7-9-25-21(3)31(47-33-37(25)23(19)11-13-35(5,49-33)51-53-37)45-29(41)17-27(39)43-15-16-44-28(40)18-30(42)46-32-22(4)26-10-8-20(2)24-12-14-36(6)50-34(48-32)38(24,26)54-52-36;;/h7,20-27,32-35H,8-19H2,1-6H3;15,19-26,31-34H,7-14,16-18H2,1-6H3;;/q2*-1;;/t20-,21-,22-,23-,24+,25+,26+,27+,32?,33?,34-,35-,36+,37+,38-,39-;19-,20-,21-,22-,23+,24+,25+,26+,31?,32?,33-,34-,35+,36+,37-,38-;;/m11../s1. The van der Waals surface area contributed by atoms with Crippen molar-refractivity contribution in [3.63, 3.8) is 0 Å². The molecule has 0 N–H and O–H groups in total. The van der Waals surface area contributed by atoms with E-state index < -0.39 is 176 Å². The molecule has 20 aliphatic rings. The molecule has 616 valence electrons. The van der Waals surface area contributed by atoms with Crippen LogP contribution in [-0.4, -0.2) is 163 Å². The van der Waals surface area contributed by atoms with E-state index in [-0.39, 0.29) is 150 Å². The summed E-state index contributed by atoms with van der Waals surface area (Å²) in [5.41, 5.74) is -3.22. The summed E-state index contributed by atoms with van der Waals surface area (Å²) in [6, 6.07) is 0. The summed E-state index contributed by atoms with van der Waals surface area (Å²) in [7, 11) is 0. The predicted octanol–water partition coefficient (Wildman–Crippen LogP) is 9.07. The van der Waals surface area contributed by atoms with Gasteiger partial charge in [0.1, 0.15) is 25.7 Å². The summed E-state index contributed by atoms with van der Waals surface area (Å²) in [5, 5.41) is 0. The molecule has 4 saturated carbocycles. The van der Waals surface area contributed by atoms with Gasteiger partial charge in [0.2, 0.25) is 48.3 Å². The third-order valence-electron chi connectivity index (χ3n) is 27.8. The summed E-state index contributed by atoms with van der Waals surface area (Å²) in [5.74, 6) is -9.67. The van der Waals surface area contributed by atoms with Crippen LogP contribution in [0.5, 0.6) is 0 Å². The molecule has 4 spiro atoms. The van der Waals surface area contributed by atoms with Crippen LogP contribution in [0.25, 0.3) is 0 Å². The van der Waals surface area contributed by atoms with Gasteiger partial charge in [0.05, 0.1) is 0 Å². The van der Waals surface area contributed by atoms with Crippen LogP contribution in [0, 0.1) is 108 Å². The normalized spacial score (nSPS) is 47.4. The largest absolute Gasteiger partial charge is 0.633 e. The molecule has 0 amide bonds. The molecule has 16 aliphatic heterocycles. The van der Waals surface area contributed by atoms with Crippen molar-refractivity contribution in [2.45, 2.75) is 307 Å². The first-order valence-corrected chi connectivity index (χ1v) is 39.7. The first kappa shape index (κ1) is 86.2. The van der Waals surface area contributed by atoms with E-state index in [9.17, 15) is 38.4 Å². The van der Waals surface area contributed by atoms with Gasteiger partial charge in [-0.05, 0) is 165 Å². The summed E-state index contributed by atoms with van der Waals surface area (Å²) in [6.45, 7) is 23.8. The third kappa shape index (κ3) is 16.1. The summed E-state index contributed by atoms with van der Waals surface area (Å²) >= 11 is 0. The maximum absolute atomic E-state index is 12.8. The topological polar surface area (TPSA) is 358 Å². The second-order valence-corrected chi connectivity index (χ2v) is 34.8. The molecule has 20 rings (SSSR count). The monoisotopic (exact) mass is 1720 g/mol. The van der Waals surface area contributed by atoms with Crippen molar-refractivity contribution < 1.29 is 219 Å². The Labute approximate surface area is 696 Å². The molecule has 8 bridgehead atoms. The fourth-order valence-corrected chi connectivity index (χ4v) is 22.0. The van der Waals surface area contributed by atoms with E-state index in [2.05, 4.69) is 27.7 Å². The molecule has 16 saturated heterocycles. The number of fused-ring (bicyclic) bond motifs is 8. The minimum absolute atomic E-state index is 0. The zero-order valence-electron chi connectivity index (χ0n) is 65.5. The zero-order valence-corrected chi connectivity index (χ0v) is 71.2. The number of carbonyl (C=O) groups is 8. The summed E-state index contributed by atoms with van der Waals surface area (Å²) < 4.78 is 93.0. The first-order valence-electron chi connectivity index (χ1n) is 39.7. The van der Waals surface area contributed by atoms with Crippen LogP contribution in [0.1, 0.15) is 212 Å². The minimum atomic E-state index is -0.978. The van der Waals surface area contributed by atoms with E-state index in [1.165, 1.54) is 6.42 Å². The molecule has 0 aromatic rings. The molecule has 34 heteroatoms. The minimum Gasteiger partial charge on any atom is -0.633 e.